The van der Waals surface area contributed by atoms with E-state index in [-0.39, 0.29) is 11.8 Å². The molecule has 0 radical (unpaired) electrons. The van der Waals surface area contributed by atoms with Crippen molar-refractivity contribution in [3.05, 3.63) is 126 Å². The van der Waals surface area contributed by atoms with E-state index < -0.39 is 0 Å². The van der Waals surface area contributed by atoms with Crippen LogP contribution >= 0.6 is 0 Å². The molecule has 0 spiro atoms. The Hall–Kier alpha value is -3.85. The summed E-state index contributed by atoms with van der Waals surface area (Å²) in [4.78, 5) is 12.8. The normalized spacial score (nSPS) is 11.5. The molecular formula is C29H27NO2. The van der Waals surface area contributed by atoms with Crippen LogP contribution in [0.2, 0.25) is 0 Å². The van der Waals surface area contributed by atoms with Crippen LogP contribution in [0.25, 0.3) is 0 Å². The maximum atomic E-state index is 12.8. The number of para-hydroxylation sites is 1. The number of carbonyl (C=O) groups excluding carboxylic acids is 1. The quantitative estimate of drug-likeness (QED) is 0.328. The number of anilines is 1. The number of aryl methyl sites for hydroxylation is 1. The molecule has 4 aromatic carbocycles. The molecule has 1 atom stereocenters. The fraction of sp³-hybridized carbons (Fsp3) is 0.138. The summed E-state index contributed by atoms with van der Waals surface area (Å²) in [5, 5.41) is 3.04. The molecular weight excluding hydrogens is 394 g/mol. The average molecular weight is 422 g/mol. The predicted octanol–water partition coefficient (Wildman–Crippen LogP) is 7.14. The van der Waals surface area contributed by atoms with Crippen molar-refractivity contribution < 1.29 is 9.53 Å². The highest BCUT2D eigenvalue weighted by molar-refractivity contribution is 5.91. The first-order chi connectivity index (χ1) is 15.7. The fourth-order valence-electron chi connectivity index (χ4n) is 3.71. The number of rotatable bonds is 8. The molecule has 0 aromatic heterocycles. The van der Waals surface area contributed by atoms with E-state index in [1.54, 1.807) is 0 Å². The van der Waals surface area contributed by atoms with Crippen molar-refractivity contribution in [1.82, 2.24) is 0 Å². The summed E-state index contributed by atoms with van der Waals surface area (Å²) in [5.74, 6) is 1.66. The first-order valence-electron chi connectivity index (χ1n) is 10.9. The predicted molar refractivity (Wildman–Crippen MR) is 130 cm³/mol. The van der Waals surface area contributed by atoms with Gasteiger partial charge < -0.3 is 10.1 Å². The Balaban J connectivity index is 1.49. The molecule has 3 heteroatoms. The van der Waals surface area contributed by atoms with Crippen LogP contribution in [0.5, 0.6) is 11.5 Å². The van der Waals surface area contributed by atoms with Gasteiger partial charge in [-0.2, -0.15) is 0 Å². The van der Waals surface area contributed by atoms with Crippen molar-refractivity contribution in [3.8, 4) is 11.5 Å². The maximum absolute atomic E-state index is 12.8. The first-order valence-corrected chi connectivity index (χ1v) is 10.9. The molecule has 0 aliphatic heterocycles. The van der Waals surface area contributed by atoms with Crippen LogP contribution in [0.3, 0.4) is 0 Å². The van der Waals surface area contributed by atoms with Crippen LogP contribution in [0.1, 0.15) is 29.0 Å². The third-order valence-electron chi connectivity index (χ3n) is 5.42. The molecule has 3 nitrogen and oxygen atoms in total. The molecule has 0 bridgehead atoms. The van der Waals surface area contributed by atoms with Gasteiger partial charge in [-0.15, -0.1) is 0 Å². The van der Waals surface area contributed by atoms with Crippen molar-refractivity contribution in [1.29, 1.82) is 0 Å². The molecule has 4 rings (SSSR count). The number of nitrogens with one attached hydrogen (secondary N) is 1. The molecule has 0 heterocycles. The third-order valence-corrected chi connectivity index (χ3v) is 5.42. The lowest BCUT2D eigenvalue weighted by Gasteiger charge is -2.18. The van der Waals surface area contributed by atoms with Crippen molar-refractivity contribution >= 4 is 11.6 Å². The molecule has 0 aliphatic carbocycles. The summed E-state index contributed by atoms with van der Waals surface area (Å²) in [6, 6.07) is 36.0. The fourth-order valence-corrected chi connectivity index (χ4v) is 3.71. The van der Waals surface area contributed by atoms with Crippen LogP contribution in [0.4, 0.5) is 5.69 Å². The van der Waals surface area contributed by atoms with E-state index in [2.05, 4.69) is 29.6 Å². The lowest BCUT2D eigenvalue weighted by molar-refractivity contribution is -0.116. The molecule has 1 unspecified atom stereocenters. The first kappa shape index (κ1) is 21.4. The summed E-state index contributed by atoms with van der Waals surface area (Å²) in [6.07, 6.45) is 1.20. The Labute approximate surface area is 189 Å². The number of ether oxygens (including phenoxy) is 1. The number of hydrogen-bond acceptors (Lipinski definition) is 2. The Kier molecular flexibility index (Phi) is 6.98. The number of amides is 1. The zero-order valence-corrected chi connectivity index (χ0v) is 18.2. The molecule has 1 N–H and O–H groups in total. The van der Waals surface area contributed by atoms with Crippen LogP contribution < -0.4 is 10.1 Å². The van der Waals surface area contributed by atoms with Crippen LogP contribution in [-0.4, -0.2) is 5.91 Å². The highest BCUT2D eigenvalue weighted by Crippen LogP contribution is 2.28. The molecule has 0 saturated heterocycles. The van der Waals surface area contributed by atoms with E-state index in [0.29, 0.717) is 6.42 Å². The Bertz CT molecular complexity index is 1120. The summed E-state index contributed by atoms with van der Waals surface area (Å²) in [6.45, 7) is 2.03. The summed E-state index contributed by atoms with van der Waals surface area (Å²) >= 11 is 0. The van der Waals surface area contributed by atoms with Gasteiger partial charge in [0.05, 0.1) is 0 Å². The van der Waals surface area contributed by atoms with Gasteiger partial charge in [0.1, 0.15) is 11.5 Å². The van der Waals surface area contributed by atoms with E-state index in [1.165, 1.54) is 11.1 Å². The second-order valence-corrected chi connectivity index (χ2v) is 7.99. The van der Waals surface area contributed by atoms with Gasteiger partial charge >= 0.3 is 0 Å². The standard InChI is InChI=1S/C29H27NO2/c1-22-12-16-26(17-13-22)30-29(31)21-25(20-23-8-4-2-5-9-23)24-14-18-28(19-15-24)32-27-10-6-3-7-11-27/h2-19,25H,20-21H2,1H3,(H,30,31). The summed E-state index contributed by atoms with van der Waals surface area (Å²) < 4.78 is 5.92. The van der Waals surface area contributed by atoms with Gasteiger partial charge in [-0.25, -0.2) is 0 Å². The van der Waals surface area contributed by atoms with Gasteiger partial charge in [0, 0.05) is 12.1 Å². The minimum Gasteiger partial charge on any atom is -0.457 e. The summed E-state index contributed by atoms with van der Waals surface area (Å²) in [5.41, 5.74) is 4.33. The van der Waals surface area contributed by atoms with E-state index in [0.717, 1.165) is 29.2 Å². The highest BCUT2D eigenvalue weighted by Gasteiger charge is 2.17. The number of benzene rings is 4. The third kappa shape index (κ3) is 6.08. The van der Waals surface area contributed by atoms with Crippen molar-refractivity contribution in [2.45, 2.75) is 25.7 Å². The average Bonchev–Trinajstić information content (AvgIpc) is 2.82. The van der Waals surface area contributed by atoms with Crippen LogP contribution in [-0.2, 0) is 11.2 Å². The molecule has 0 fully saturated rings. The SMILES string of the molecule is Cc1ccc(NC(=O)CC(Cc2ccccc2)c2ccc(Oc3ccccc3)cc2)cc1. The molecule has 0 saturated carbocycles. The molecule has 160 valence electrons. The minimum absolute atomic E-state index is 0.0133. The maximum Gasteiger partial charge on any atom is 0.224 e. The van der Waals surface area contributed by atoms with E-state index in [4.69, 9.17) is 4.74 Å². The topological polar surface area (TPSA) is 38.3 Å². The van der Waals surface area contributed by atoms with Gasteiger partial charge in [0.25, 0.3) is 0 Å². The van der Waals surface area contributed by atoms with Crippen LogP contribution in [0.15, 0.2) is 109 Å². The molecule has 32 heavy (non-hydrogen) atoms. The van der Waals surface area contributed by atoms with Crippen molar-refractivity contribution in [2.24, 2.45) is 0 Å². The van der Waals surface area contributed by atoms with Gasteiger partial charge in [-0.05, 0) is 66.8 Å². The van der Waals surface area contributed by atoms with Crippen molar-refractivity contribution in [2.75, 3.05) is 5.32 Å². The Morgan fingerprint density at radius 2 is 1.34 bits per heavy atom. The van der Waals surface area contributed by atoms with Crippen LogP contribution in [0, 0.1) is 6.92 Å². The van der Waals surface area contributed by atoms with Gasteiger partial charge in [-0.3, -0.25) is 4.79 Å². The minimum atomic E-state index is 0.0133. The summed E-state index contributed by atoms with van der Waals surface area (Å²) in [7, 11) is 0. The number of carbonyl (C=O) groups is 1. The lowest BCUT2D eigenvalue weighted by atomic mass is 9.89. The lowest BCUT2D eigenvalue weighted by Crippen LogP contribution is -2.17. The molecule has 4 aromatic rings. The van der Waals surface area contributed by atoms with Gasteiger partial charge in [-0.1, -0.05) is 78.4 Å². The number of hydrogen-bond donors (Lipinski definition) is 1. The largest absolute Gasteiger partial charge is 0.457 e. The second-order valence-electron chi connectivity index (χ2n) is 7.99. The zero-order chi connectivity index (χ0) is 22.2. The molecule has 1 amide bonds. The van der Waals surface area contributed by atoms with E-state index in [9.17, 15) is 4.79 Å². The van der Waals surface area contributed by atoms with E-state index in [1.807, 2.05) is 91.9 Å². The second kappa shape index (κ2) is 10.5. The molecule has 0 aliphatic rings. The monoisotopic (exact) mass is 421 g/mol. The van der Waals surface area contributed by atoms with Crippen molar-refractivity contribution in [3.63, 3.8) is 0 Å². The zero-order valence-electron chi connectivity index (χ0n) is 18.2. The van der Waals surface area contributed by atoms with E-state index >= 15 is 0 Å². The Morgan fingerprint density at radius 3 is 2.00 bits per heavy atom. The van der Waals surface area contributed by atoms with Gasteiger partial charge in [0.2, 0.25) is 5.91 Å². The van der Waals surface area contributed by atoms with Gasteiger partial charge in [0.15, 0.2) is 0 Å². The Morgan fingerprint density at radius 1 is 0.750 bits per heavy atom. The smallest absolute Gasteiger partial charge is 0.224 e. The highest BCUT2D eigenvalue weighted by atomic mass is 16.5.